The van der Waals surface area contributed by atoms with Crippen molar-refractivity contribution in [2.45, 2.75) is 45.1 Å². The van der Waals surface area contributed by atoms with Gasteiger partial charge in [0.1, 0.15) is 0 Å². The van der Waals surface area contributed by atoms with Crippen molar-refractivity contribution in [2.24, 2.45) is 0 Å². The summed E-state index contributed by atoms with van der Waals surface area (Å²) < 4.78 is 1.79. The van der Waals surface area contributed by atoms with Crippen molar-refractivity contribution in [3.63, 3.8) is 0 Å². The maximum absolute atomic E-state index is 12.5. The van der Waals surface area contributed by atoms with E-state index < -0.39 is 17.7 Å². The molecule has 0 aliphatic heterocycles. The fraction of sp³-hybridized carbons (Fsp3) is 0.368. The van der Waals surface area contributed by atoms with Gasteiger partial charge in [-0.25, -0.2) is 4.68 Å². The van der Waals surface area contributed by atoms with Crippen LogP contribution in [-0.2, 0) is 22.4 Å². The maximum atomic E-state index is 12.5. The normalized spacial score (nSPS) is 15.1. The average Bonchev–Trinajstić information content (AvgIpc) is 3.21. The van der Waals surface area contributed by atoms with Gasteiger partial charge in [-0.15, -0.1) is 0 Å². The highest BCUT2D eigenvalue weighted by molar-refractivity contribution is 6.35. The summed E-state index contributed by atoms with van der Waals surface area (Å²) in [4.78, 5) is 36.0. The number of fused-ring (bicyclic) bond motifs is 1. The summed E-state index contributed by atoms with van der Waals surface area (Å²) in [6.07, 6.45) is 4.33. The smallest absolute Gasteiger partial charge is 0.327 e. The third kappa shape index (κ3) is 3.55. The third-order valence-corrected chi connectivity index (χ3v) is 4.83. The van der Waals surface area contributed by atoms with Gasteiger partial charge in [-0.05, 0) is 51.2 Å². The number of nitrogens with one attached hydrogen (secondary N) is 3. The van der Waals surface area contributed by atoms with Crippen LogP contribution < -0.4 is 16.2 Å². The van der Waals surface area contributed by atoms with Gasteiger partial charge in [-0.1, -0.05) is 17.7 Å². The van der Waals surface area contributed by atoms with Crippen molar-refractivity contribution in [3.05, 3.63) is 46.8 Å². The summed E-state index contributed by atoms with van der Waals surface area (Å²) in [5.74, 6) is -2.15. The second-order valence-corrected chi connectivity index (χ2v) is 7.03. The maximum Gasteiger partial charge on any atom is 0.327 e. The highest BCUT2D eigenvalue weighted by Crippen LogP contribution is 2.27. The Morgan fingerprint density at radius 2 is 1.78 bits per heavy atom. The highest BCUT2D eigenvalue weighted by Gasteiger charge is 2.29. The molecule has 2 aliphatic rings. The Morgan fingerprint density at radius 3 is 2.48 bits per heavy atom. The molecule has 4 rings (SSSR count). The van der Waals surface area contributed by atoms with Crippen LogP contribution in [0, 0.1) is 6.92 Å². The molecule has 8 heteroatoms. The Labute approximate surface area is 156 Å². The zero-order chi connectivity index (χ0) is 19.0. The molecule has 0 radical (unpaired) electrons. The van der Waals surface area contributed by atoms with Crippen LogP contribution in [-0.4, -0.2) is 33.5 Å². The molecule has 1 fully saturated rings. The SMILES string of the molecule is Cc1ccc(-n2nc(C(=O)NNC(=O)C(=O)NC3CC3)c3c2CCC3)cc1. The first-order valence-electron chi connectivity index (χ1n) is 9.12. The fourth-order valence-corrected chi connectivity index (χ4v) is 3.23. The zero-order valence-corrected chi connectivity index (χ0v) is 15.0. The van der Waals surface area contributed by atoms with Crippen molar-refractivity contribution in [1.29, 1.82) is 0 Å². The molecule has 2 aliphatic carbocycles. The lowest BCUT2D eigenvalue weighted by Crippen LogP contribution is -2.49. The first-order chi connectivity index (χ1) is 13.0. The van der Waals surface area contributed by atoms with Gasteiger partial charge in [-0.3, -0.25) is 25.2 Å². The molecular weight excluding hydrogens is 346 g/mol. The van der Waals surface area contributed by atoms with E-state index >= 15 is 0 Å². The minimum absolute atomic E-state index is 0.0763. The summed E-state index contributed by atoms with van der Waals surface area (Å²) in [6.45, 7) is 2.01. The van der Waals surface area contributed by atoms with Crippen LogP contribution in [0.25, 0.3) is 5.69 Å². The molecule has 1 saturated carbocycles. The number of aromatic nitrogens is 2. The molecule has 0 atom stereocenters. The van der Waals surface area contributed by atoms with Crippen LogP contribution >= 0.6 is 0 Å². The Kier molecular flexibility index (Phi) is 4.39. The van der Waals surface area contributed by atoms with Gasteiger partial charge in [0.25, 0.3) is 5.91 Å². The van der Waals surface area contributed by atoms with Crippen LogP contribution in [0.4, 0.5) is 0 Å². The summed E-state index contributed by atoms with van der Waals surface area (Å²) in [5.41, 5.74) is 8.70. The van der Waals surface area contributed by atoms with E-state index in [9.17, 15) is 14.4 Å². The largest absolute Gasteiger partial charge is 0.345 e. The lowest BCUT2D eigenvalue weighted by atomic mass is 10.2. The second-order valence-electron chi connectivity index (χ2n) is 7.03. The van der Waals surface area contributed by atoms with Gasteiger partial charge >= 0.3 is 11.8 Å². The van der Waals surface area contributed by atoms with E-state index in [2.05, 4.69) is 21.3 Å². The van der Waals surface area contributed by atoms with E-state index in [4.69, 9.17) is 0 Å². The Hall–Kier alpha value is -3.16. The van der Waals surface area contributed by atoms with E-state index in [1.807, 2.05) is 31.2 Å². The van der Waals surface area contributed by atoms with Gasteiger partial charge in [0.15, 0.2) is 5.69 Å². The Balaban J connectivity index is 1.49. The molecule has 1 heterocycles. The standard InChI is InChI=1S/C19H21N5O3/c1-11-5-9-13(10-6-11)24-15-4-2-3-14(15)16(23-24)17(25)21-22-19(27)18(26)20-12-7-8-12/h5-6,9-10,12H,2-4,7-8H2,1H3,(H,20,26)(H,21,25)(H,22,27). The first kappa shape index (κ1) is 17.3. The van der Waals surface area contributed by atoms with Crippen molar-refractivity contribution in [1.82, 2.24) is 25.9 Å². The number of amides is 3. The van der Waals surface area contributed by atoms with Crippen LogP contribution in [0.1, 0.15) is 46.6 Å². The van der Waals surface area contributed by atoms with Gasteiger partial charge in [-0.2, -0.15) is 5.10 Å². The molecule has 0 unspecified atom stereocenters. The van der Waals surface area contributed by atoms with Crippen LogP contribution in [0.2, 0.25) is 0 Å². The number of benzene rings is 1. The number of carbonyl (C=O) groups excluding carboxylic acids is 3. The van der Waals surface area contributed by atoms with E-state index in [0.29, 0.717) is 0 Å². The molecule has 0 bridgehead atoms. The summed E-state index contributed by atoms with van der Waals surface area (Å²) in [6, 6.07) is 8.00. The minimum Gasteiger partial charge on any atom is -0.345 e. The monoisotopic (exact) mass is 367 g/mol. The molecule has 0 spiro atoms. The fourth-order valence-electron chi connectivity index (χ4n) is 3.23. The van der Waals surface area contributed by atoms with Gasteiger partial charge in [0.2, 0.25) is 0 Å². The highest BCUT2D eigenvalue weighted by atomic mass is 16.2. The molecule has 2 aromatic rings. The predicted molar refractivity (Wildman–Crippen MR) is 97.1 cm³/mol. The van der Waals surface area contributed by atoms with E-state index in [1.54, 1.807) is 4.68 Å². The number of hydrogen-bond donors (Lipinski definition) is 3. The van der Waals surface area contributed by atoms with Crippen LogP contribution in [0.15, 0.2) is 24.3 Å². The zero-order valence-electron chi connectivity index (χ0n) is 15.0. The Bertz CT molecular complexity index is 912. The number of nitrogens with zero attached hydrogens (tertiary/aromatic N) is 2. The van der Waals surface area contributed by atoms with Crippen molar-refractivity contribution >= 4 is 17.7 Å². The first-order valence-corrected chi connectivity index (χ1v) is 9.12. The number of aryl methyl sites for hydroxylation is 1. The third-order valence-electron chi connectivity index (χ3n) is 4.83. The topological polar surface area (TPSA) is 105 Å². The predicted octanol–water partition coefficient (Wildman–Crippen LogP) is 0.709. The molecule has 27 heavy (non-hydrogen) atoms. The summed E-state index contributed by atoms with van der Waals surface area (Å²) in [5, 5.41) is 7.03. The molecule has 1 aromatic heterocycles. The molecule has 8 nitrogen and oxygen atoms in total. The Morgan fingerprint density at radius 1 is 1.04 bits per heavy atom. The lowest BCUT2D eigenvalue weighted by Gasteiger charge is -2.07. The molecular formula is C19H21N5O3. The van der Waals surface area contributed by atoms with Crippen molar-refractivity contribution < 1.29 is 14.4 Å². The van der Waals surface area contributed by atoms with Gasteiger partial charge in [0.05, 0.1) is 5.69 Å². The van der Waals surface area contributed by atoms with Gasteiger partial charge < -0.3 is 5.32 Å². The number of carbonyl (C=O) groups is 3. The number of rotatable bonds is 3. The second kappa shape index (κ2) is 6.86. The number of hydrazine groups is 1. The summed E-state index contributed by atoms with van der Waals surface area (Å²) >= 11 is 0. The number of hydrogen-bond acceptors (Lipinski definition) is 4. The van der Waals surface area contributed by atoms with E-state index in [1.165, 1.54) is 0 Å². The lowest BCUT2D eigenvalue weighted by molar-refractivity contribution is -0.139. The quantitative estimate of drug-likeness (QED) is 0.549. The molecule has 1 aromatic carbocycles. The van der Waals surface area contributed by atoms with Gasteiger partial charge in [0, 0.05) is 17.3 Å². The minimum atomic E-state index is -0.884. The summed E-state index contributed by atoms with van der Waals surface area (Å²) in [7, 11) is 0. The molecule has 3 amide bonds. The van der Waals surface area contributed by atoms with E-state index in [0.717, 1.165) is 54.6 Å². The van der Waals surface area contributed by atoms with Crippen LogP contribution in [0.3, 0.4) is 0 Å². The molecule has 3 N–H and O–H groups in total. The van der Waals surface area contributed by atoms with Crippen molar-refractivity contribution in [2.75, 3.05) is 0 Å². The molecule has 140 valence electrons. The van der Waals surface area contributed by atoms with Crippen molar-refractivity contribution in [3.8, 4) is 5.69 Å². The van der Waals surface area contributed by atoms with E-state index in [-0.39, 0.29) is 11.7 Å². The average molecular weight is 367 g/mol. The van der Waals surface area contributed by atoms with Crippen LogP contribution in [0.5, 0.6) is 0 Å². The molecule has 0 saturated heterocycles.